The van der Waals surface area contributed by atoms with Gasteiger partial charge in [-0.1, -0.05) is 6.07 Å². The molecule has 98 valence electrons. The summed E-state index contributed by atoms with van der Waals surface area (Å²) >= 11 is 2.98. The summed E-state index contributed by atoms with van der Waals surface area (Å²) in [6, 6.07) is 8.13. The Balaban J connectivity index is 2.28. The minimum absolute atomic E-state index is 0.0569. The molecule has 0 aromatic heterocycles. The second-order valence-corrected chi connectivity index (χ2v) is 4.65. The van der Waals surface area contributed by atoms with E-state index in [1.165, 1.54) is 30.3 Å². The van der Waals surface area contributed by atoms with Gasteiger partial charge in [-0.3, -0.25) is 4.79 Å². The standard InChI is InChI=1S/C13H9BrF2N2O/c14-9-3-1-2-8(12(9)16)13(19)18-11-5-4-7(17)6-10(11)15/h1-6H,17H2,(H,18,19). The number of nitrogen functional groups attached to an aromatic ring is 1. The quantitative estimate of drug-likeness (QED) is 0.829. The van der Waals surface area contributed by atoms with E-state index in [-0.39, 0.29) is 21.4 Å². The van der Waals surface area contributed by atoms with Gasteiger partial charge in [-0.25, -0.2) is 8.78 Å². The number of nitrogens with two attached hydrogens (primary N) is 1. The molecular weight excluding hydrogens is 318 g/mol. The third-order valence-corrected chi connectivity index (χ3v) is 3.05. The highest BCUT2D eigenvalue weighted by molar-refractivity contribution is 9.10. The molecular formula is C13H9BrF2N2O. The summed E-state index contributed by atoms with van der Waals surface area (Å²) in [5.41, 5.74) is 5.40. The van der Waals surface area contributed by atoms with Crippen LogP contribution in [0.4, 0.5) is 20.2 Å². The van der Waals surface area contributed by atoms with E-state index in [2.05, 4.69) is 21.2 Å². The van der Waals surface area contributed by atoms with Crippen LogP contribution in [0.3, 0.4) is 0 Å². The molecule has 0 unspecified atom stereocenters. The van der Waals surface area contributed by atoms with Gasteiger partial charge in [0.15, 0.2) is 0 Å². The zero-order chi connectivity index (χ0) is 14.0. The van der Waals surface area contributed by atoms with Gasteiger partial charge in [-0.15, -0.1) is 0 Å². The fourth-order valence-corrected chi connectivity index (χ4v) is 1.87. The van der Waals surface area contributed by atoms with E-state index in [0.717, 1.165) is 6.07 Å². The second-order valence-electron chi connectivity index (χ2n) is 3.79. The Kier molecular flexibility index (Phi) is 3.80. The van der Waals surface area contributed by atoms with Crippen molar-refractivity contribution in [3.63, 3.8) is 0 Å². The number of carbonyl (C=O) groups excluding carboxylic acids is 1. The van der Waals surface area contributed by atoms with Crippen LogP contribution in [-0.4, -0.2) is 5.91 Å². The molecule has 19 heavy (non-hydrogen) atoms. The number of anilines is 2. The molecule has 0 heterocycles. The van der Waals surface area contributed by atoms with Crippen molar-refractivity contribution in [2.45, 2.75) is 0 Å². The third-order valence-electron chi connectivity index (χ3n) is 2.44. The van der Waals surface area contributed by atoms with Crippen molar-refractivity contribution in [3.8, 4) is 0 Å². The molecule has 0 fully saturated rings. The first-order chi connectivity index (χ1) is 8.99. The van der Waals surface area contributed by atoms with Crippen LogP contribution in [0.25, 0.3) is 0 Å². The van der Waals surface area contributed by atoms with Crippen LogP contribution in [0.5, 0.6) is 0 Å². The number of benzene rings is 2. The van der Waals surface area contributed by atoms with E-state index in [1.54, 1.807) is 0 Å². The fourth-order valence-electron chi connectivity index (χ4n) is 1.50. The van der Waals surface area contributed by atoms with Crippen molar-refractivity contribution in [2.24, 2.45) is 0 Å². The topological polar surface area (TPSA) is 55.1 Å². The summed E-state index contributed by atoms with van der Waals surface area (Å²) in [7, 11) is 0. The Labute approximate surface area is 116 Å². The van der Waals surface area contributed by atoms with Crippen molar-refractivity contribution in [1.29, 1.82) is 0 Å². The molecule has 0 aliphatic heterocycles. The number of nitrogens with one attached hydrogen (secondary N) is 1. The molecule has 3 nitrogen and oxygen atoms in total. The van der Waals surface area contributed by atoms with Crippen LogP contribution in [0.2, 0.25) is 0 Å². The smallest absolute Gasteiger partial charge is 0.258 e. The molecule has 0 bridgehead atoms. The van der Waals surface area contributed by atoms with Gasteiger partial charge in [0.1, 0.15) is 11.6 Å². The maximum atomic E-state index is 13.7. The Morgan fingerprint density at radius 3 is 2.63 bits per heavy atom. The molecule has 2 aromatic rings. The first-order valence-electron chi connectivity index (χ1n) is 5.29. The summed E-state index contributed by atoms with van der Waals surface area (Å²) < 4.78 is 27.4. The lowest BCUT2D eigenvalue weighted by Gasteiger charge is -2.08. The molecule has 0 spiro atoms. The monoisotopic (exact) mass is 326 g/mol. The summed E-state index contributed by atoms with van der Waals surface area (Å²) in [6.07, 6.45) is 0. The first-order valence-corrected chi connectivity index (χ1v) is 6.08. The zero-order valence-electron chi connectivity index (χ0n) is 9.58. The van der Waals surface area contributed by atoms with Gasteiger partial charge in [-0.2, -0.15) is 0 Å². The van der Waals surface area contributed by atoms with Crippen LogP contribution >= 0.6 is 15.9 Å². The molecule has 2 rings (SSSR count). The van der Waals surface area contributed by atoms with Crippen LogP contribution in [-0.2, 0) is 0 Å². The van der Waals surface area contributed by atoms with Crippen molar-refractivity contribution < 1.29 is 13.6 Å². The van der Waals surface area contributed by atoms with Gasteiger partial charge in [0.05, 0.1) is 15.7 Å². The minimum atomic E-state index is -0.734. The van der Waals surface area contributed by atoms with E-state index in [9.17, 15) is 13.6 Å². The number of hydrogen-bond acceptors (Lipinski definition) is 2. The minimum Gasteiger partial charge on any atom is -0.399 e. The molecule has 0 saturated carbocycles. The molecule has 0 saturated heterocycles. The largest absolute Gasteiger partial charge is 0.399 e. The Hall–Kier alpha value is -1.95. The average Bonchev–Trinajstić information content (AvgIpc) is 2.36. The van der Waals surface area contributed by atoms with E-state index in [4.69, 9.17) is 5.73 Å². The molecule has 2 aromatic carbocycles. The second kappa shape index (κ2) is 5.36. The van der Waals surface area contributed by atoms with Crippen LogP contribution in [0.15, 0.2) is 40.9 Å². The van der Waals surface area contributed by atoms with Crippen LogP contribution < -0.4 is 11.1 Å². The normalized spacial score (nSPS) is 10.3. The van der Waals surface area contributed by atoms with Crippen LogP contribution in [0.1, 0.15) is 10.4 Å². The molecule has 0 radical (unpaired) electrons. The van der Waals surface area contributed by atoms with Gasteiger partial charge < -0.3 is 11.1 Å². The zero-order valence-corrected chi connectivity index (χ0v) is 11.2. The number of rotatable bonds is 2. The van der Waals surface area contributed by atoms with E-state index in [0.29, 0.717) is 0 Å². The van der Waals surface area contributed by atoms with Gasteiger partial charge in [-0.05, 0) is 46.3 Å². The Bertz CT molecular complexity index is 647. The lowest BCUT2D eigenvalue weighted by molar-refractivity contribution is 0.102. The summed E-state index contributed by atoms with van der Waals surface area (Å²) in [5, 5.41) is 2.29. The molecule has 3 N–H and O–H groups in total. The molecule has 0 aliphatic rings. The fraction of sp³-hybridized carbons (Fsp3) is 0. The lowest BCUT2D eigenvalue weighted by atomic mass is 10.2. The van der Waals surface area contributed by atoms with Crippen molar-refractivity contribution in [2.75, 3.05) is 11.1 Å². The summed E-state index contributed by atoms with van der Waals surface area (Å²) in [6.45, 7) is 0. The number of carbonyl (C=O) groups is 1. The Morgan fingerprint density at radius 2 is 1.95 bits per heavy atom. The highest BCUT2D eigenvalue weighted by Gasteiger charge is 2.15. The van der Waals surface area contributed by atoms with E-state index >= 15 is 0 Å². The lowest BCUT2D eigenvalue weighted by Crippen LogP contribution is -2.15. The van der Waals surface area contributed by atoms with E-state index in [1.807, 2.05) is 0 Å². The van der Waals surface area contributed by atoms with Gasteiger partial charge >= 0.3 is 0 Å². The summed E-state index contributed by atoms with van der Waals surface area (Å²) in [5.74, 6) is -2.11. The first kappa shape index (κ1) is 13.5. The predicted molar refractivity (Wildman–Crippen MR) is 72.9 cm³/mol. The Morgan fingerprint density at radius 1 is 1.21 bits per heavy atom. The highest BCUT2D eigenvalue weighted by atomic mass is 79.9. The molecule has 6 heteroatoms. The third kappa shape index (κ3) is 2.90. The number of halogens is 3. The summed E-state index contributed by atoms with van der Waals surface area (Å²) in [4.78, 5) is 11.9. The maximum absolute atomic E-state index is 13.7. The maximum Gasteiger partial charge on any atom is 0.258 e. The SMILES string of the molecule is Nc1ccc(NC(=O)c2cccc(Br)c2F)c(F)c1. The number of hydrogen-bond donors (Lipinski definition) is 2. The molecule has 0 atom stereocenters. The van der Waals surface area contributed by atoms with Gasteiger partial charge in [0, 0.05) is 5.69 Å². The molecule has 1 amide bonds. The highest BCUT2D eigenvalue weighted by Crippen LogP contribution is 2.21. The van der Waals surface area contributed by atoms with Gasteiger partial charge in [0.25, 0.3) is 5.91 Å². The number of amides is 1. The predicted octanol–water partition coefficient (Wildman–Crippen LogP) is 3.56. The van der Waals surface area contributed by atoms with Crippen LogP contribution in [0, 0.1) is 11.6 Å². The van der Waals surface area contributed by atoms with Crippen molar-refractivity contribution >= 4 is 33.2 Å². The average molecular weight is 327 g/mol. The van der Waals surface area contributed by atoms with Crippen molar-refractivity contribution in [3.05, 3.63) is 58.1 Å². The molecule has 0 aliphatic carbocycles. The van der Waals surface area contributed by atoms with Gasteiger partial charge in [0.2, 0.25) is 0 Å². The van der Waals surface area contributed by atoms with E-state index < -0.39 is 17.5 Å². The van der Waals surface area contributed by atoms with Crippen molar-refractivity contribution in [1.82, 2.24) is 0 Å².